The summed E-state index contributed by atoms with van der Waals surface area (Å²) in [4.78, 5) is 47.1. The van der Waals surface area contributed by atoms with Crippen LogP contribution in [0.15, 0.2) is 0 Å². The molecule has 0 bridgehead atoms. The second-order valence-electron chi connectivity index (χ2n) is 10.1. The SMILES string of the molecule is CS(=O)(=O)SCCNC(=O)CCCCCNC(=O)CCCCCNC(=O)CCCC[C@@H]1SC[C@@H]2NC(=O)N[C@@H]21. The van der Waals surface area contributed by atoms with Gasteiger partial charge in [0, 0.05) is 61.9 Å². The van der Waals surface area contributed by atoms with Crippen LogP contribution in [0, 0.1) is 0 Å². The Bertz CT molecular complexity index is 905. The maximum Gasteiger partial charge on any atom is 0.315 e. The quantitative estimate of drug-likeness (QED) is 0.0750. The lowest BCUT2D eigenvalue weighted by atomic mass is 10.0. The highest BCUT2D eigenvalue weighted by atomic mass is 33.1. The van der Waals surface area contributed by atoms with Gasteiger partial charge in [-0.05, 0) is 49.3 Å². The van der Waals surface area contributed by atoms with E-state index in [1.165, 1.54) is 0 Å². The number of hydrogen-bond acceptors (Lipinski definition) is 8. The van der Waals surface area contributed by atoms with Gasteiger partial charge in [-0.25, -0.2) is 13.2 Å². The van der Waals surface area contributed by atoms with Gasteiger partial charge in [-0.1, -0.05) is 19.3 Å². The molecular weight excluding hydrogens is 563 g/mol. The van der Waals surface area contributed by atoms with E-state index in [9.17, 15) is 27.6 Å². The summed E-state index contributed by atoms with van der Waals surface area (Å²) >= 11 is 1.90. The summed E-state index contributed by atoms with van der Waals surface area (Å²) in [5.41, 5.74) is 0. The summed E-state index contributed by atoms with van der Waals surface area (Å²) in [6.07, 6.45) is 10.3. The zero-order valence-electron chi connectivity index (χ0n) is 22.9. The first-order chi connectivity index (χ1) is 18.6. The van der Waals surface area contributed by atoms with Crippen molar-refractivity contribution in [3.05, 3.63) is 0 Å². The van der Waals surface area contributed by atoms with Crippen molar-refractivity contribution < 1.29 is 27.6 Å². The van der Waals surface area contributed by atoms with Crippen LogP contribution in [0.5, 0.6) is 0 Å². The molecule has 39 heavy (non-hydrogen) atoms. The van der Waals surface area contributed by atoms with Gasteiger partial charge in [0.25, 0.3) is 0 Å². The topological polar surface area (TPSA) is 163 Å². The standard InChI is InChI=1S/C25H45N5O6S3/c1-39(35,36)38-17-16-28-23(33)12-5-3-9-14-26-21(31)11-4-2-8-15-27-22(32)13-7-6-10-20-24-19(18-37-20)29-25(34)30-24/h19-20,24H,2-18H2,1H3,(H,26,31)(H,27,32)(H,28,33)(H2,29,30,34)/t19-,20-,24-/m0/s1. The molecule has 2 heterocycles. The third-order valence-corrected chi connectivity index (χ3v) is 10.7. The Balaban J connectivity index is 1.32. The number of carbonyl (C=O) groups is 4. The molecule has 0 spiro atoms. The summed E-state index contributed by atoms with van der Waals surface area (Å²) in [6.45, 7) is 1.56. The van der Waals surface area contributed by atoms with E-state index in [0.717, 1.165) is 80.6 Å². The number of unbranched alkanes of at least 4 members (excludes halogenated alkanes) is 5. The molecule has 2 aliphatic rings. The van der Waals surface area contributed by atoms with Gasteiger partial charge in [0.15, 0.2) is 8.87 Å². The zero-order chi connectivity index (χ0) is 28.5. The van der Waals surface area contributed by atoms with E-state index in [0.29, 0.717) is 49.9 Å². The zero-order valence-corrected chi connectivity index (χ0v) is 25.4. The van der Waals surface area contributed by atoms with Crippen LogP contribution in [0.1, 0.15) is 77.0 Å². The molecule has 11 nitrogen and oxygen atoms in total. The lowest BCUT2D eigenvalue weighted by molar-refractivity contribution is -0.122. The van der Waals surface area contributed by atoms with Gasteiger partial charge >= 0.3 is 6.03 Å². The molecule has 224 valence electrons. The minimum Gasteiger partial charge on any atom is -0.356 e. The van der Waals surface area contributed by atoms with Crippen LogP contribution in [0.3, 0.4) is 0 Å². The Morgan fingerprint density at radius 1 is 0.821 bits per heavy atom. The number of hydrogen-bond donors (Lipinski definition) is 5. The highest BCUT2D eigenvalue weighted by molar-refractivity contribution is 8.71. The molecule has 14 heteroatoms. The maximum atomic E-state index is 12.0. The molecule has 0 radical (unpaired) electrons. The van der Waals surface area contributed by atoms with Gasteiger partial charge in [0.1, 0.15) is 0 Å². The van der Waals surface area contributed by atoms with E-state index in [4.69, 9.17) is 0 Å². The number of nitrogens with one attached hydrogen (secondary N) is 5. The van der Waals surface area contributed by atoms with Crippen molar-refractivity contribution in [3.63, 3.8) is 0 Å². The maximum absolute atomic E-state index is 12.0. The van der Waals surface area contributed by atoms with Crippen molar-refractivity contribution in [2.24, 2.45) is 0 Å². The van der Waals surface area contributed by atoms with Crippen molar-refractivity contribution in [3.8, 4) is 0 Å². The number of rotatable bonds is 21. The lowest BCUT2D eigenvalue weighted by Gasteiger charge is -2.16. The summed E-state index contributed by atoms with van der Waals surface area (Å²) in [5.74, 6) is 1.31. The predicted molar refractivity (Wildman–Crippen MR) is 157 cm³/mol. The molecule has 0 aromatic carbocycles. The second kappa shape index (κ2) is 18.6. The Morgan fingerprint density at radius 3 is 1.92 bits per heavy atom. The van der Waals surface area contributed by atoms with E-state index in [2.05, 4.69) is 26.6 Å². The predicted octanol–water partition coefficient (Wildman–Crippen LogP) is 1.87. The van der Waals surface area contributed by atoms with Crippen molar-refractivity contribution in [2.75, 3.05) is 37.4 Å². The molecule has 2 saturated heterocycles. The average Bonchev–Trinajstić information content (AvgIpc) is 3.42. The van der Waals surface area contributed by atoms with Gasteiger partial charge in [-0.3, -0.25) is 14.4 Å². The Morgan fingerprint density at radius 2 is 1.36 bits per heavy atom. The van der Waals surface area contributed by atoms with Crippen LogP contribution >= 0.6 is 22.6 Å². The van der Waals surface area contributed by atoms with Crippen molar-refractivity contribution in [1.82, 2.24) is 26.6 Å². The molecule has 0 saturated carbocycles. The highest BCUT2D eigenvalue weighted by Gasteiger charge is 2.42. The molecule has 0 unspecified atom stereocenters. The Kier molecular flexibility index (Phi) is 16.0. The number of thioether (sulfide) groups is 1. The van der Waals surface area contributed by atoms with Crippen molar-refractivity contribution >= 4 is 55.2 Å². The molecule has 0 aliphatic carbocycles. The molecule has 5 amide bonds. The number of urea groups is 1. The van der Waals surface area contributed by atoms with Crippen molar-refractivity contribution in [2.45, 2.75) is 94.4 Å². The van der Waals surface area contributed by atoms with E-state index in [1.807, 2.05) is 11.8 Å². The van der Waals surface area contributed by atoms with E-state index in [-0.39, 0.29) is 35.8 Å². The molecule has 0 aromatic rings. The van der Waals surface area contributed by atoms with Gasteiger partial charge in [0.2, 0.25) is 17.7 Å². The van der Waals surface area contributed by atoms with E-state index >= 15 is 0 Å². The fraction of sp³-hybridized carbons (Fsp3) is 0.840. The van der Waals surface area contributed by atoms with E-state index < -0.39 is 8.87 Å². The van der Waals surface area contributed by atoms with Gasteiger partial charge < -0.3 is 26.6 Å². The van der Waals surface area contributed by atoms with Crippen LogP contribution in [-0.4, -0.2) is 86.9 Å². The number of fused-ring (bicyclic) bond motifs is 1. The van der Waals surface area contributed by atoms with Crippen LogP contribution < -0.4 is 26.6 Å². The summed E-state index contributed by atoms with van der Waals surface area (Å²) in [5, 5.41) is 14.9. The molecule has 2 fully saturated rings. The van der Waals surface area contributed by atoms with E-state index in [1.54, 1.807) is 0 Å². The number of amides is 5. The van der Waals surface area contributed by atoms with Crippen LogP contribution in [0.2, 0.25) is 0 Å². The molecule has 0 aromatic heterocycles. The smallest absolute Gasteiger partial charge is 0.315 e. The molecule has 2 aliphatic heterocycles. The first kappa shape index (κ1) is 33.5. The molecule has 5 N–H and O–H groups in total. The third kappa shape index (κ3) is 15.6. The van der Waals surface area contributed by atoms with Gasteiger partial charge in [0.05, 0.1) is 12.1 Å². The first-order valence-electron chi connectivity index (χ1n) is 14.0. The second-order valence-corrected chi connectivity index (χ2v) is 15.9. The lowest BCUT2D eigenvalue weighted by Crippen LogP contribution is -2.36. The largest absolute Gasteiger partial charge is 0.356 e. The first-order valence-corrected chi connectivity index (χ1v) is 18.4. The molecule has 3 atom stereocenters. The summed E-state index contributed by atoms with van der Waals surface area (Å²) in [7, 11) is -2.25. The van der Waals surface area contributed by atoms with Crippen LogP contribution in [-0.2, 0) is 23.3 Å². The van der Waals surface area contributed by atoms with Crippen LogP contribution in [0.25, 0.3) is 0 Å². The summed E-state index contributed by atoms with van der Waals surface area (Å²) < 4.78 is 22.0. The average molecular weight is 608 g/mol. The fourth-order valence-electron chi connectivity index (χ4n) is 4.55. The fourth-order valence-corrected chi connectivity index (χ4v) is 7.74. The normalized spacial score (nSPS) is 20.1. The minimum absolute atomic E-state index is 0.0276. The summed E-state index contributed by atoms with van der Waals surface area (Å²) in [6, 6.07) is 0.396. The van der Waals surface area contributed by atoms with Crippen LogP contribution in [0.4, 0.5) is 4.79 Å². The Labute approximate surface area is 240 Å². The highest BCUT2D eigenvalue weighted by Crippen LogP contribution is 2.33. The Hall–Kier alpha value is -1.67. The van der Waals surface area contributed by atoms with Crippen molar-refractivity contribution in [1.29, 1.82) is 0 Å². The number of carbonyl (C=O) groups excluding carboxylic acids is 4. The molecular formula is C25H45N5O6S3. The third-order valence-electron chi connectivity index (χ3n) is 6.61. The minimum atomic E-state index is -3.07. The van der Waals surface area contributed by atoms with Gasteiger partial charge in [-0.15, -0.1) is 0 Å². The monoisotopic (exact) mass is 607 g/mol. The van der Waals surface area contributed by atoms with Gasteiger partial charge in [-0.2, -0.15) is 11.8 Å². The molecule has 2 rings (SSSR count).